The van der Waals surface area contributed by atoms with Gasteiger partial charge in [-0.2, -0.15) is 0 Å². The van der Waals surface area contributed by atoms with E-state index in [2.05, 4.69) is 68.6 Å². The number of carbonyl (C=O) groups excluding carboxylic acids is 1. The second kappa shape index (κ2) is 12.9. The first kappa shape index (κ1) is 27.5. The molecule has 2 N–H and O–H groups in total. The Morgan fingerprint density at radius 2 is 1.79 bits per heavy atom. The number of fused-ring (bicyclic) bond motifs is 1. The van der Waals surface area contributed by atoms with Crippen LogP contribution in [0.1, 0.15) is 17.5 Å². The summed E-state index contributed by atoms with van der Waals surface area (Å²) in [7, 11) is 5.53. The largest absolute Gasteiger partial charge is 0.493 e. The number of likely N-dealkylation sites (tertiary alicyclic amines) is 1. The van der Waals surface area contributed by atoms with Gasteiger partial charge in [0.15, 0.2) is 11.5 Å². The molecule has 1 aromatic heterocycles. The highest BCUT2D eigenvalue weighted by atomic mass is 16.5. The first-order valence-corrected chi connectivity index (χ1v) is 14.2. The molecule has 0 radical (unpaired) electrons. The summed E-state index contributed by atoms with van der Waals surface area (Å²) in [6, 6.07) is 14.5. The van der Waals surface area contributed by atoms with Crippen molar-refractivity contribution in [2.24, 2.45) is 11.8 Å². The Morgan fingerprint density at radius 1 is 1.00 bits per heavy atom. The number of para-hydroxylation sites is 1. The third-order valence-electron chi connectivity index (χ3n) is 8.32. The van der Waals surface area contributed by atoms with Gasteiger partial charge in [0.25, 0.3) is 0 Å². The molecule has 210 valence electrons. The highest BCUT2D eigenvalue weighted by molar-refractivity contribution is 5.83. The fourth-order valence-corrected chi connectivity index (χ4v) is 6.19. The smallest absolute Gasteiger partial charge is 0.224 e. The summed E-state index contributed by atoms with van der Waals surface area (Å²) in [5.41, 5.74) is 3.56. The van der Waals surface area contributed by atoms with Crippen LogP contribution in [-0.4, -0.2) is 99.2 Å². The zero-order valence-corrected chi connectivity index (χ0v) is 23.6. The zero-order valence-electron chi connectivity index (χ0n) is 23.6. The third kappa shape index (κ3) is 6.93. The molecule has 0 spiro atoms. The molecule has 0 bridgehead atoms. The van der Waals surface area contributed by atoms with Crippen LogP contribution in [0, 0.1) is 11.8 Å². The highest BCUT2D eigenvalue weighted by Gasteiger charge is 2.33. The van der Waals surface area contributed by atoms with E-state index in [0.717, 1.165) is 82.2 Å². The number of methoxy groups -OCH3 is 2. The molecule has 2 aromatic carbocycles. The number of hydrogen-bond donors (Lipinski definition) is 2. The van der Waals surface area contributed by atoms with Crippen molar-refractivity contribution in [1.82, 2.24) is 25.0 Å². The van der Waals surface area contributed by atoms with E-state index in [4.69, 9.17) is 9.47 Å². The molecule has 0 unspecified atom stereocenters. The van der Waals surface area contributed by atoms with Crippen molar-refractivity contribution in [1.29, 1.82) is 0 Å². The Balaban J connectivity index is 1.23. The van der Waals surface area contributed by atoms with E-state index in [1.54, 1.807) is 14.2 Å². The molecule has 2 atom stereocenters. The maximum absolute atomic E-state index is 13.5. The molecule has 1 amide bonds. The zero-order chi connectivity index (χ0) is 27.2. The minimum absolute atomic E-state index is 0.0145. The van der Waals surface area contributed by atoms with E-state index in [-0.39, 0.29) is 11.8 Å². The van der Waals surface area contributed by atoms with Crippen molar-refractivity contribution in [3.63, 3.8) is 0 Å². The van der Waals surface area contributed by atoms with Gasteiger partial charge in [0.1, 0.15) is 0 Å². The summed E-state index contributed by atoms with van der Waals surface area (Å²) in [4.78, 5) is 24.2. The molecule has 5 rings (SSSR count). The predicted octanol–water partition coefficient (Wildman–Crippen LogP) is 3.23. The summed E-state index contributed by atoms with van der Waals surface area (Å²) >= 11 is 0. The molecular formula is C31H43N5O3. The van der Waals surface area contributed by atoms with Crippen molar-refractivity contribution in [3.8, 4) is 11.5 Å². The van der Waals surface area contributed by atoms with Gasteiger partial charge < -0.3 is 29.6 Å². The highest BCUT2D eigenvalue weighted by Crippen LogP contribution is 2.30. The van der Waals surface area contributed by atoms with Gasteiger partial charge in [-0.3, -0.25) is 9.69 Å². The molecule has 3 heterocycles. The number of benzene rings is 2. The molecule has 2 aliphatic heterocycles. The van der Waals surface area contributed by atoms with Gasteiger partial charge in [0.05, 0.1) is 20.1 Å². The molecule has 2 fully saturated rings. The predicted molar refractivity (Wildman–Crippen MR) is 155 cm³/mol. The molecule has 2 aliphatic rings. The summed E-state index contributed by atoms with van der Waals surface area (Å²) in [5.74, 6) is 2.11. The number of piperazine rings is 1. The van der Waals surface area contributed by atoms with Crippen molar-refractivity contribution < 1.29 is 14.3 Å². The first-order chi connectivity index (χ1) is 19.0. The fourth-order valence-electron chi connectivity index (χ4n) is 6.19. The maximum Gasteiger partial charge on any atom is 0.224 e. The lowest BCUT2D eigenvalue weighted by molar-refractivity contribution is -0.127. The van der Waals surface area contributed by atoms with Crippen LogP contribution in [0.3, 0.4) is 0 Å². The van der Waals surface area contributed by atoms with E-state index in [1.165, 1.54) is 16.5 Å². The Labute approximate surface area is 232 Å². The Kier molecular flexibility index (Phi) is 9.06. The standard InChI is InChI=1S/C31H43N5O3/c1-34-12-14-35(15-13-34)20-24-16-26(22-36(21-24)19-23-8-9-29(38-2)30(17-23)39-3)31(37)32-11-10-25-18-33-28-7-5-4-6-27(25)28/h4-9,17-18,24,26,33H,10-16,19-22H2,1-3H3,(H,32,37)/t24-,26-/m1/s1. The van der Waals surface area contributed by atoms with Gasteiger partial charge in [-0.05, 0) is 55.1 Å². The summed E-state index contributed by atoms with van der Waals surface area (Å²) < 4.78 is 11.0. The summed E-state index contributed by atoms with van der Waals surface area (Å²) in [5, 5.41) is 4.50. The number of hydrogen-bond acceptors (Lipinski definition) is 6. The molecule has 8 nitrogen and oxygen atoms in total. The number of likely N-dealkylation sites (N-methyl/N-ethyl adjacent to an activating group) is 1. The van der Waals surface area contributed by atoms with Crippen LogP contribution in [-0.2, 0) is 17.8 Å². The SMILES string of the molecule is COc1ccc(CN2C[C@@H](CN3CCN(C)CC3)C[C@@H](C(=O)NCCc3c[nH]c4ccccc34)C2)cc1OC. The summed E-state index contributed by atoms with van der Waals surface area (Å²) in [6.07, 6.45) is 3.82. The maximum atomic E-state index is 13.5. The molecular weight excluding hydrogens is 490 g/mol. The number of nitrogens with one attached hydrogen (secondary N) is 2. The van der Waals surface area contributed by atoms with Crippen LogP contribution in [0.25, 0.3) is 10.9 Å². The second-order valence-corrected chi connectivity index (χ2v) is 11.2. The Hall–Kier alpha value is -3.07. The van der Waals surface area contributed by atoms with Gasteiger partial charge in [-0.25, -0.2) is 0 Å². The lowest BCUT2D eigenvalue weighted by Gasteiger charge is -2.41. The van der Waals surface area contributed by atoms with E-state index in [1.807, 2.05) is 12.1 Å². The number of aromatic amines is 1. The molecule has 8 heteroatoms. The van der Waals surface area contributed by atoms with Crippen molar-refractivity contribution >= 4 is 16.8 Å². The van der Waals surface area contributed by atoms with Gasteiger partial charge in [0, 0.05) is 76.0 Å². The topological polar surface area (TPSA) is 73.1 Å². The van der Waals surface area contributed by atoms with Crippen LogP contribution in [0.15, 0.2) is 48.7 Å². The van der Waals surface area contributed by atoms with E-state index < -0.39 is 0 Å². The number of carbonyl (C=O) groups is 1. The van der Waals surface area contributed by atoms with Crippen LogP contribution in [0.4, 0.5) is 0 Å². The number of nitrogens with zero attached hydrogens (tertiary/aromatic N) is 3. The van der Waals surface area contributed by atoms with Gasteiger partial charge in [-0.15, -0.1) is 0 Å². The molecule has 0 saturated carbocycles. The van der Waals surface area contributed by atoms with Crippen LogP contribution in [0.2, 0.25) is 0 Å². The fraction of sp³-hybridized carbons (Fsp3) is 0.516. The molecule has 39 heavy (non-hydrogen) atoms. The lowest BCUT2D eigenvalue weighted by atomic mass is 9.87. The average Bonchev–Trinajstić information content (AvgIpc) is 3.37. The minimum atomic E-state index is -0.0145. The normalized spacial score (nSPS) is 21.2. The van der Waals surface area contributed by atoms with Crippen molar-refractivity contribution in [2.45, 2.75) is 19.4 Å². The van der Waals surface area contributed by atoms with Crippen LogP contribution >= 0.6 is 0 Å². The van der Waals surface area contributed by atoms with Crippen molar-refractivity contribution in [3.05, 3.63) is 59.8 Å². The quantitative estimate of drug-likeness (QED) is 0.417. The molecule has 0 aliphatic carbocycles. The number of piperidine rings is 1. The van der Waals surface area contributed by atoms with Crippen LogP contribution < -0.4 is 14.8 Å². The van der Waals surface area contributed by atoms with Crippen LogP contribution in [0.5, 0.6) is 11.5 Å². The second-order valence-electron chi connectivity index (χ2n) is 11.2. The Bertz CT molecular complexity index is 1240. The van der Waals surface area contributed by atoms with Gasteiger partial charge >= 0.3 is 0 Å². The van der Waals surface area contributed by atoms with Gasteiger partial charge in [-0.1, -0.05) is 24.3 Å². The number of amides is 1. The first-order valence-electron chi connectivity index (χ1n) is 14.2. The lowest BCUT2D eigenvalue weighted by Crippen LogP contribution is -2.51. The Morgan fingerprint density at radius 3 is 2.59 bits per heavy atom. The number of H-pyrrole nitrogens is 1. The number of ether oxygens (including phenoxy) is 2. The minimum Gasteiger partial charge on any atom is -0.493 e. The average molecular weight is 534 g/mol. The van der Waals surface area contributed by atoms with E-state index >= 15 is 0 Å². The monoisotopic (exact) mass is 533 g/mol. The third-order valence-corrected chi connectivity index (χ3v) is 8.32. The van der Waals surface area contributed by atoms with Gasteiger partial charge in [0.2, 0.25) is 5.91 Å². The van der Waals surface area contributed by atoms with Crippen molar-refractivity contribution in [2.75, 3.05) is 73.6 Å². The summed E-state index contributed by atoms with van der Waals surface area (Å²) in [6.45, 7) is 8.68. The van der Waals surface area contributed by atoms with E-state index in [9.17, 15) is 4.79 Å². The number of rotatable bonds is 10. The van der Waals surface area contributed by atoms with E-state index in [0.29, 0.717) is 12.5 Å². The number of aromatic nitrogens is 1. The molecule has 2 saturated heterocycles. The molecule has 3 aromatic rings.